The zero-order valence-corrected chi connectivity index (χ0v) is 19.7. The van der Waals surface area contributed by atoms with Gasteiger partial charge >= 0.3 is 0 Å². The summed E-state index contributed by atoms with van der Waals surface area (Å²) in [5.41, 5.74) is 1.90. The van der Waals surface area contributed by atoms with Crippen molar-refractivity contribution >= 4 is 33.3 Å². The highest BCUT2D eigenvalue weighted by Crippen LogP contribution is 2.35. The van der Waals surface area contributed by atoms with Gasteiger partial charge in [0.1, 0.15) is 10.6 Å². The molecule has 1 aliphatic carbocycles. The van der Waals surface area contributed by atoms with Crippen LogP contribution in [0.15, 0.2) is 38.6 Å². The van der Waals surface area contributed by atoms with Gasteiger partial charge in [-0.1, -0.05) is 31.2 Å². The maximum Gasteiger partial charge on any atom is 0.267 e. The second-order valence-electron chi connectivity index (χ2n) is 7.71. The standard InChI is InChI=1S/C23H24N4O3S2/c1-3-18-25-26-19(30-18)13-31-23-24-21-20(16-10-5-4-6-11-17(16)32-21)22(28)27(23)14-8-7-9-15(12-14)29-2/h7-9,12H,3-6,10-11,13H2,1-2H3. The molecule has 0 fully saturated rings. The summed E-state index contributed by atoms with van der Waals surface area (Å²) >= 11 is 3.10. The van der Waals surface area contributed by atoms with Crippen LogP contribution in [0.4, 0.5) is 0 Å². The summed E-state index contributed by atoms with van der Waals surface area (Å²) in [4.78, 5) is 21.0. The number of methoxy groups -OCH3 is 1. The lowest BCUT2D eigenvalue weighted by molar-refractivity contribution is 0.414. The summed E-state index contributed by atoms with van der Waals surface area (Å²) in [6.07, 6.45) is 6.15. The van der Waals surface area contributed by atoms with Crippen molar-refractivity contribution < 1.29 is 9.15 Å². The molecule has 0 bridgehead atoms. The minimum Gasteiger partial charge on any atom is -0.497 e. The zero-order valence-electron chi connectivity index (χ0n) is 18.1. The highest BCUT2D eigenvalue weighted by Gasteiger charge is 2.23. The van der Waals surface area contributed by atoms with Gasteiger partial charge in [-0.25, -0.2) is 4.98 Å². The zero-order chi connectivity index (χ0) is 22.1. The van der Waals surface area contributed by atoms with Gasteiger partial charge < -0.3 is 9.15 Å². The number of hydrogen-bond acceptors (Lipinski definition) is 8. The number of aryl methyl sites for hydroxylation is 3. The summed E-state index contributed by atoms with van der Waals surface area (Å²) in [5, 5.41) is 9.53. The van der Waals surface area contributed by atoms with Gasteiger partial charge in [0.05, 0.1) is 23.9 Å². The lowest BCUT2D eigenvalue weighted by Gasteiger charge is -2.13. The maximum atomic E-state index is 13.9. The minimum atomic E-state index is -0.0232. The van der Waals surface area contributed by atoms with Crippen molar-refractivity contribution in [3.63, 3.8) is 0 Å². The van der Waals surface area contributed by atoms with Gasteiger partial charge in [-0.05, 0) is 43.4 Å². The first-order valence-electron chi connectivity index (χ1n) is 10.8. The molecule has 0 aliphatic heterocycles. The smallest absolute Gasteiger partial charge is 0.267 e. The lowest BCUT2D eigenvalue weighted by Crippen LogP contribution is -2.22. The summed E-state index contributed by atoms with van der Waals surface area (Å²) in [6, 6.07) is 7.54. The third-order valence-corrected chi connectivity index (χ3v) is 7.76. The molecule has 0 saturated carbocycles. The number of thiophene rings is 1. The monoisotopic (exact) mass is 468 g/mol. The SMILES string of the molecule is CCc1nnc(CSc2nc3sc4c(c3c(=O)n2-c2cccc(OC)c2)CCCCC4)o1. The van der Waals surface area contributed by atoms with E-state index in [2.05, 4.69) is 10.2 Å². The Hall–Kier alpha value is -2.65. The fraction of sp³-hybridized carbons (Fsp3) is 0.391. The van der Waals surface area contributed by atoms with Crippen LogP contribution < -0.4 is 10.3 Å². The Bertz CT molecular complexity index is 1320. The van der Waals surface area contributed by atoms with E-state index in [1.54, 1.807) is 23.0 Å². The molecule has 0 unspecified atom stereocenters. The Balaban J connectivity index is 1.65. The molecule has 0 radical (unpaired) electrons. The van der Waals surface area contributed by atoms with Crippen molar-refractivity contribution in [2.75, 3.05) is 7.11 Å². The van der Waals surface area contributed by atoms with Crippen LogP contribution in [0, 0.1) is 0 Å². The van der Waals surface area contributed by atoms with Crippen molar-refractivity contribution in [3.8, 4) is 11.4 Å². The molecule has 9 heteroatoms. The molecule has 4 aromatic rings. The highest BCUT2D eigenvalue weighted by atomic mass is 32.2. The van der Waals surface area contributed by atoms with E-state index in [0.29, 0.717) is 34.9 Å². The molecule has 0 saturated heterocycles. The maximum absolute atomic E-state index is 13.9. The highest BCUT2D eigenvalue weighted by molar-refractivity contribution is 7.98. The Labute approximate surface area is 193 Å². The second-order valence-corrected chi connectivity index (χ2v) is 9.74. The number of ether oxygens (including phenoxy) is 1. The topological polar surface area (TPSA) is 83.0 Å². The normalized spacial score (nSPS) is 13.8. The van der Waals surface area contributed by atoms with E-state index < -0.39 is 0 Å². The number of hydrogen-bond donors (Lipinski definition) is 0. The molecule has 1 aliphatic rings. The molecule has 0 amide bonds. The van der Waals surface area contributed by atoms with Gasteiger partial charge in [0.15, 0.2) is 5.16 Å². The first-order valence-corrected chi connectivity index (χ1v) is 12.6. The number of nitrogens with zero attached hydrogens (tertiary/aromatic N) is 4. The number of fused-ring (bicyclic) bond motifs is 3. The second kappa shape index (κ2) is 9.07. The number of aromatic nitrogens is 4. The Morgan fingerprint density at radius 1 is 1.19 bits per heavy atom. The molecule has 5 rings (SSSR count). The predicted octanol–water partition coefficient (Wildman–Crippen LogP) is 4.96. The van der Waals surface area contributed by atoms with E-state index in [1.807, 2.05) is 31.2 Å². The van der Waals surface area contributed by atoms with Crippen molar-refractivity contribution in [3.05, 3.63) is 56.8 Å². The van der Waals surface area contributed by atoms with Crippen LogP contribution in [-0.4, -0.2) is 26.9 Å². The van der Waals surface area contributed by atoms with Crippen molar-refractivity contribution in [1.29, 1.82) is 0 Å². The van der Waals surface area contributed by atoms with Gasteiger partial charge in [0, 0.05) is 17.4 Å². The first-order chi connectivity index (χ1) is 15.7. The fourth-order valence-corrected chi connectivity index (χ4v) is 6.21. The summed E-state index contributed by atoms with van der Waals surface area (Å²) in [5.74, 6) is 2.27. The summed E-state index contributed by atoms with van der Waals surface area (Å²) < 4.78 is 12.8. The van der Waals surface area contributed by atoms with Crippen molar-refractivity contribution in [1.82, 2.24) is 19.7 Å². The van der Waals surface area contributed by atoms with E-state index in [1.165, 1.54) is 35.0 Å². The van der Waals surface area contributed by atoms with Gasteiger partial charge in [-0.3, -0.25) is 9.36 Å². The van der Waals surface area contributed by atoms with Gasteiger partial charge in [-0.2, -0.15) is 0 Å². The van der Waals surface area contributed by atoms with Crippen LogP contribution in [-0.2, 0) is 25.0 Å². The summed E-state index contributed by atoms with van der Waals surface area (Å²) in [7, 11) is 1.62. The quantitative estimate of drug-likeness (QED) is 0.225. The largest absolute Gasteiger partial charge is 0.497 e. The average Bonchev–Trinajstić information content (AvgIpc) is 3.35. The van der Waals surface area contributed by atoms with E-state index in [4.69, 9.17) is 14.1 Å². The molecule has 0 spiro atoms. The van der Waals surface area contributed by atoms with Crippen molar-refractivity contribution in [2.24, 2.45) is 0 Å². The predicted molar refractivity (Wildman–Crippen MR) is 126 cm³/mol. The molecule has 0 N–H and O–H groups in total. The summed E-state index contributed by atoms with van der Waals surface area (Å²) in [6.45, 7) is 1.97. The van der Waals surface area contributed by atoms with Crippen LogP contribution in [0.1, 0.15) is 48.4 Å². The molecular weight excluding hydrogens is 444 g/mol. The Morgan fingerprint density at radius 2 is 2.03 bits per heavy atom. The Morgan fingerprint density at radius 3 is 2.84 bits per heavy atom. The molecule has 3 heterocycles. The molecule has 32 heavy (non-hydrogen) atoms. The van der Waals surface area contributed by atoms with Crippen LogP contribution in [0.5, 0.6) is 5.75 Å². The average molecular weight is 469 g/mol. The van der Waals surface area contributed by atoms with E-state index in [0.717, 1.165) is 35.2 Å². The van der Waals surface area contributed by atoms with Crippen LogP contribution in [0.25, 0.3) is 15.9 Å². The lowest BCUT2D eigenvalue weighted by atomic mass is 10.1. The number of rotatable bonds is 6. The van der Waals surface area contributed by atoms with Crippen LogP contribution in [0.3, 0.4) is 0 Å². The fourth-order valence-electron chi connectivity index (χ4n) is 4.05. The van der Waals surface area contributed by atoms with Gasteiger partial charge in [0.2, 0.25) is 11.8 Å². The van der Waals surface area contributed by atoms with Gasteiger partial charge in [-0.15, -0.1) is 21.5 Å². The third kappa shape index (κ3) is 3.95. The van der Waals surface area contributed by atoms with Crippen LogP contribution >= 0.6 is 23.1 Å². The van der Waals surface area contributed by atoms with Gasteiger partial charge in [0.25, 0.3) is 5.56 Å². The molecular formula is C23H24N4O3S2. The third-order valence-electron chi connectivity index (χ3n) is 5.66. The molecule has 166 valence electrons. The van der Waals surface area contributed by atoms with Crippen molar-refractivity contribution in [2.45, 2.75) is 56.4 Å². The molecule has 0 atom stereocenters. The molecule has 3 aromatic heterocycles. The van der Waals surface area contributed by atoms with E-state index in [9.17, 15) is 4.79 Å². The van der Waals surface area contributed by atoms with Crippen LogP contribution in [0.2, 0.25) is 0 Å². The number of benzene rings is 1. The minimum absolute atomic E-state index is 0.0232. The van der Waals surface area contributed by atoms with E-state index >= 15 is 0 Å². The Kier molecular flexibility index (Phi) is 6.01. The molecule has 1 aromatic carbocycles. The van der Waals surface area contributed by atoms with E-state index in [-0.39, 0.29) is 5.56 Å². The molecule has 7 nitrogen and oxygen atoms in total. The first kappa shape index (κ1) is 21.2. The number of thioether (sulfide) groups is 1.